The van der Waals surface area contributed by atoms with Crippen LogP contribution in [0.4, 0.5) is 11.9 Å². The summed E-state index contributed by atoms with van der Waals surface area (Å²) >= 11 is 3.10. The molecule has 0 fully saturated rings. The van der Waals surface area contributed by atoms with Crippen molar-refractivity contribution in [1.82, 2.24) is 19.9 Å². The third kappa shape index (κ3) is 3.45. The van der Waals surface area contributed by atoms with E-state index < -0.39 is 0 Å². The Morgan fingerprint density at radius 2 is 1.64 bits per heavy atom. The molecule has 2 N–H and O–H groups in total. The van der Waals surface area contributed by atoms with E-state index in [0.717, 1.165) is 27.6 Å². The predicted molar refractivity (Wildman–Crippen MR) is 91.9 cm³/mol. The normalized spacial score (nSPS) is 10.8. The lowest BCUT2D eigenvalue weighted by atomic mass is 10.3. The molecule has 0 saturated heterocycles. The lowest BCUT2D eigenvalue weighted by Gasteiger charge is -2.07. The van der Waals surface area contributed by atoms with E-state index in [4.69, 9.17) is 0 Å². The summed E-state index contributed by atoms with van der Waals surface area (Å²) in [5, 5.41) is 6.89. The molecule has 0 spiro atoms. The van der Waals surface area contributed by atoms with Crippen molar-refractivity contribution in [2.24, 2.45) is 0 Å². The largest absolute Gasteiger partial charge is 0.354 e. The van der Waals surface area contributed by atoms with Gasteiger partial charge in [0.2, 0.25) is 17.1 Å². The summed E-state index contributed by atoms with van der Waals surface area (Å²) in [7, 11) is 0. The predicted octanol–water partition coefficient (Wildman–Crippen LogP) is 3.50. The van der Waals surface area contributed by atoms with E-state index >= 15 is 0 Å². The maximum atomic E-state index is 4.60. The van der Waals surface area contributed by atoms with E-state index in [2.05, 4.69) is 36.6 Å². The van der Waals surface area contributed by atoms with E-state index in [9.17, 15) is 0 Å². The standard InChI is InChI=1S/C14H16N6S2/c1-3-15-11-18-12(16-4-2)20-13(19-11)22-14-17-9-7-5-6-8-10(9)21-14/h5-8H,3-4H2,1-2H3,(H2,15,16,18,19,20). The first-order valence-corrected chi connectivity index (χ1v) is 8.69. The molecular formula is C14H16N6S2. The topological polar surface area (TPSA) is 75.6 Å². The first-order valence-electron chi connectivity index (χ1n) is 7.05. The lowest BCUT2D eigenvalue weighted by Crippen LogP contribution is -2.09. The Hall–Kier alpha value is -1.93. The maximum absolute atomic E-state index is 4.60. The molecule has 0 amide bonds. The molecule has 0 bridgehead atoms. The summed E-state index contributed by atoms with van der Waals surface area (Å²) in [6, 6.07) is 8.09. The summed E-state index contributed by atoms with van der Waals surface area (Å²) in [6.07, 6.45) is 0. The van der Waals surface area contributed by atoms with Crippen molar-refractivity contribution in [1.29, 1.82) is 0 Å². The Kier molecular flexibility index (Phi) is 4.69. The fourth-order valence-corrected chi connectivity index (χ4v) is 3.77. The molecule has 3 rings (SSSR count). The first kappa shape index (κ1) is 15.0. The van der Waals surface area contributed by atoms with Gasteiger partial charge in [0.1, 0.15) is 0 Å². The molecule has 3 aromatic rings. The van der Waals surface area contributed by atoms with E-state index in [1.807, 2.05) is 32.0 Å². The van der Waals surface area contributed by atoms with Gasteiger partial charge in [-0.1, -0.05) is 12.1 Å². The second-order valence-electron chi connectivity index (χ2n) is 4.38. The number of hydrogen-bond acceptors (Lipinski definition) is 8. The molecule has 114 valence electrons. The van der Waals surface area contributed by atoms with Crippen LogP contribution in [0.3, 0.4) is 0 Å². The Balaban J connectivity index is 1.89. The van der Waals surface area contributed by atoms with Crippen LogP contribution in [0.25, 0.3) is 10.2 Å². The molecule has 0 aliphatic heterocycles. The molecule has 2 heterocycles. The molecule has 22 heavy (non-hydrogen) atoms. The van der Waals surface area contributed by atoms with Gasteiger partial charge in [-0.05, 0) is 37.7 Å². The quantitative estimate of drug-likeness (QED) is 0.715. The van der Waals surface area contributed by atoms with Gasteiger partial charge in [-0.25, -0.2) is 4.98 Å². The minimum absolute atomic E-state index is 0.581. The summed E-state index contributed by atoms with van der Waals surface area (Å²) in [5.74, 6) is 1.16. The van der Waals surface area contributed by atoms with Crippen molar-refractivity contribution >= 4 is 45.2 Å². The van der Waals surface area contributed by atoms with Crippen molar-refractivity contribution < 1.29 is 0 Å². The highest BCUT2D eigenvalue weighted by molar-refractivity contribution is 8.01. The zero-order valence-electron chi connectivity index (χ0n) is 12.3. The first-order chi connectivity index (χ1) is 10.8. The molecule has 8 heteroatoms. The Bertz CT molecular complexity index is 716. The van der Waals surface area contributed by atoms with Crippen molar-refractivity contribution in [2.45, 2.75) is 23.3 Å². The number of fused-ring (bicyclic) bond motifs is 1. The average Bonchev–Trinajstić information content (AvgIpc) is 2.89. The number of nitrogens with zero attached hydrogens (tertiary/aromatic N) is 4. The van der Waals surface area contributed by atoms with Gasteiger partial charge in [0, 0.05) is 13.1 Å². The Morgan fingerprint density at radius 1 is 0.955 bits per heavy atom. The third-order valence-electron chi connectivity index (χ3n) is 2.74. The smallest absolute Gasteiger partial charge is 0.228 e. The van der Waals surface area contributed by atoms with Gasteiger partial charge in [-0.2, -0.15) is 15.0 Å². The summed E-state index contributed by atoms with van der Waals surface area (Å²) in [4.78, 5) is 17.8. The zero-order valence-corrected chi connectivity index (χ0v) is 14.0. The van der Waals surface area contributed by atoms with Crippen LogP contribution in [0.2, 0.25) is 0 Å². The van der Waals surface area contributed by atoms with Crippen LogP contribution in [0.5, 0.6) is 0 Å². The van der Waals surface area contributed by atoms with Crippen molar-refractivity contribution in [2.75, 3.05) is 23.7 Å². The van der Waals surface area contributed by atoms with Gasteiger partial charge >= 0.3 is 0 Å². The zero-order chi connectivity index (χ0) is 15.4. The van der Waals surface area contributed by atoms with Crippen LogP contribution in [-0.2, 0) is 0 Å². The highest BCUT2D eigenvalue weighted by Gasteiger charge is 2.10. The van der Waals surface area contributed by atoms with Crippen LogP contribution in [0, 0.1) is 0 Å². The van der Waals surface area contributed by atoms with Crippen LogP contribution in [0.1, 0.15) is 13.8 Å². The fourth-order valence-electron chi connectivity index (χ4n) is 1.85. The molecule has 0 aliphatic rings. The molecule has 0 unspecified atom stereocenters. The van der Waals surface area contributed by atoms with Crippen LogP contribution >= 0.6 is 23.1 Å². The number of aromatic nitrogens is 4. The van der Waals surface area contributed by atoms with Gasteiger partial charge in [0.25, 0.3) is 0 Å². The van der Waals surface area contributed by atoms with E-state index in [1.54, 1.807) is 11.3 Å². The molecule has 1 aromatic carbocycles. The van der Waals surface area contributed by atoms with Gasteiger partial charge in [-0.15, -0.1) is 11.3 Å². The highest BCUT2D eigenvalue weighted by atomic mass is 32.2. The van der Waals surface area contributed by atoms with Gasteiger partial charge < -0.3 is 10.6 Å². The fraction of sp³-hybridized carbons (Fsp3) is 0.286. The number of anilines is 2. The maximum Gasteiger partial charge on any atom is 0.228 e. The number of benzene rings is 1. The third-order valence-corrected chi connectivity index (χ3v) is 4.70. The lowest BCUT2D eigenvalue weighted by molar-refractivity contribution is 0.894. The molecule has 6 nitrogen and oxygen atoms in total. The number of hydrogen-bond donors (Lipinski definition) is 2. The van der Waals surface area contributed by atoms with E-state index in [0.29, 0.717) is 17.1 Å². The molecule has 0 atom stereocenters. The second kappa shape index (κ2) is 6.89. The minimum Gasteiger partial charge on any atom is -0.354 e. The summed E-state index contributed by atoms with van der Waals surface area (Å²) < 4.78 is 2.09. The van der Waals surface area contributed by atoms with Crippen LogP contribution in [-0.4, -0.2) is 33.0 Å². The van der Waals surface area contributed by atoms with Crippen LogP contribution < -0.4 is 10.6 Å². The highest BCUT2D eigenvalue weighted by Crippen LogP contribution is 2.33. The van der Waals surface area contributed by atoms with E-state index in [-0.39, 0.29) is 0 Å². The van der Waals surface area contributed by atoms with Crippen molar-refractivity contribution in [3.05, 3.63) is 24.3 Å². The van der Waals surface area contributed by atoms with Gasteiger partial charge in [-0.3, -0.25) is 0 Å². The van der Waals surface area contributed by atoms with Crippen molar-refractivity contribution in [3.63, 3.8) is 0 Å². The molecular weight excluding hydrogens is 316 g/mol. The molecule has 0 aliphatic carbocycles. The Morgan fingerprint density at radius 3 is 2.27 bits per heavy atom. The molecule has 0 radical (unpaired) electrons. The molecule has 2 aromatic heterocycles. The van der Waals surface area contributed by atoms with Gasteiger partial charge in [0.15, 0.2) is 4.34 Å². The number of rotatable bonds is 6. The van der Waals surface area contributed by atoms with E-state index in [1.165, 1.54) is 11.8 Å². The monoisotopic (exact) mass is 332 g/mol. The number of para-hydroxylation sites is 1. The Labute approximate surface area is 136 Å². The van der Waals surface area contributed by atoms with Crippen molar-refractivity contribution in [3.8, 4) is 0 Å². The number of thiazole rings is 1. The van der Waals surface area contributed by atoms with Crippen LogP contribution in [0.15, 0.2) is 33.8 Å². The SMILES string of the molecule is CCNc1nc(NCC)nc(Sc2nc3ccccc3s2)n1. The summed E-state index contributed by atoms with van der Waals surface area (Å²) in [5.41, 5.74) is 1.00. The second-order valence-corrected chi connectivity index (χ2v) is 6.62. The number of nitrogens with one attached hydrogen (secondary N) is 2. The molecule has 0 saturated carbocycles. The summed E-state index contributed by atoms with van der Waals surface area (Å²) in [6.45, 7) is 5.55. The van der Waals surface area contributed by atoms with Gasteiger partial charge in [0.05, 0.1) is 10.2 Å². The average molecular weight is 332 g/mol. The minimum atomic E-state index is 0.581.